The fourth-order valence-electron chi connectivity index (χ4n) is 6.69. The van der Waals surface area contributed by atoms with Crippen LogP contribution in [0.25, 0.3) is 39.2 Å². The molecule has 2 aliphatic heterocycles. The quantitative estimate of drug-likeness (QED) is 0.136. The second-order valence-electron chi connectivity index (χ2n) is 12.9. The van der Waals surface area contributed by atoms with Crippen molar-refractivity contribution < 1.29 is 18.7 Å². The number of hydrogen-bond donors (Lipinski definition) is 4. The molecule has 0 aliphatic carbocycles. The second kappa shape index (κ2) is 15.4. The van der Waals surface area contributed by atoms with E-state index in [1.807, 2.05) is 18.2 Å². The summed E-state index contributed by atoms with van der Waals surface area (Å²) in [6, 6.07) is 15.4. The van der Waals surface area contributed by atoms with Crippen LogP contribution >= 0.6 is 23.2 Å². The molecule has 14 heteroatoms. The minimum Gasteiger partial charge on any atom is -0.481 e. The summed E-state index contributed by atoms with van der Waals surface area (Å²) in [5.41, 5.74) is 4.52. The van der Waals surface area contributed by atoms with E-state index in [0.29, 0.717) is 94.6 Å². The number of ether oxygens (including phenoxy) is 1. The Morgan fingerprint density at radius 1 is 0.846 bits per heavy atom. The fourth-order valence-corrected chi connectivity index (χ4v) is 7.33. The lowest BCUT2D eigenvalue weighted by atomic mass is 9.96. The van der Waals surface area contributed by atoms with Crippen molar-refractivity contribution in [2.24, 2.45) is 0 Å². The number of fused-ring (bicyclic) bond motifs is 1. The third kappa shape index (κ3) is 7.51. The van der Waals surface area contributed by atoms with Crippen LogP contribution in [0.15, 0.2) is 71.8 Å². The van der Waals surface area contributed by atoms with Gasteiger partial charge in [0, 0.05) is 96.9 Å². The number of pyridine rings is 2. The van der Waals surface area contributed by atoms with Gasteiger partial charge in [0.1, 0.15) is 11.5 Å². The maximum absolute atomic E-state index is 15.3. The molecule has 0 bridgehead atoms. The number of benzene rings is 2. The van der Waals surface area contributed by atoms with Gasteiger partial charge in [0.2, 0.25) is 17.7 Å². The van der Waals surface area contributed by atoms with E-state index < -0.39 is 5.82 Å². The standard InChI is InChI=1S/C38H36Cl2FN7O4/c1-52-37-22(16-42-19-25-6-9-33(49)45-25)5-8-31(47-37)28-4-2-3-27(35(28)39)30-15-24(41)14-29(36(30)40)21-11-12-48-32(13-21)44-18-23(38(48)51)17-43-20-26-7-10-34(50)46-26/h2-5,8,11-15,18,25-26,42-43H,6-7,9-10,16-17,19-20H2,1H3,(H,45,49)(H,46,50). The monoisotopic (exact) mass is 743 g/mol. The molecular formula is C38H36Cl2FN7O4. The number of halogens is 3. The van der Waals surface area contributed by atoms with Gasteiger partial charge in [-0.15, -0.1) is 0 Å². The summed E-state index contributed by atoms with van der Waals surface area (Å²) in [6.07, 6.45) is 5.74. The number of methoxy groups -OCH3 is 1. The first kappa shape index (κ1) is 35.5. The first-order chi connectivity index (χ1) is 25.2. The van der Waals surface area contributed by atoms with E-state index in [9.17, 15) is 14.4 Å². The second-order valence-corrected chi connectivity index (χ2v) is 13.7. The molecule has 268 valence electrons. The molecule has 5 aromatic rings. The maximum Gasteiger partial charge on any atom is 0.262 e. The highest BCUT2D eigenvalue weighted by Gasteiger charge is 2.22. The Morgan fingerprint density at radius 3 is 2.17 bits per heavy atom. The first-order valence-electron chi connectivity index (χ1n) is 17.0. The van der Waals surface area contributed by atoms with Crippen LogP contribution in [0, 0.1) is 5.82 Å². The molecule has 52 heavy (non-hydrogen) atoms. The van der Waals surface area contributed by atoms with Gasteiger partial charge in [0.05, 0.1) is 22.8 Å². The maximum atomic E-state index is 15.3. The van der Waals surface area contributed by atoms with E-state index in [1.165, 1.54) is 22.7 Å². The van der Waals surface area contributed by atoms with Crippen LogP contribution in [-0.4, -0.2) is 58.5 Å². The average molecular weight is 745 g/mol. The van der Waals surface area contributed by atoms with Crippen LogP contribution in [-0.2, 0) is 22.7 Å². The molecule has 3 aromatic heterocycles. The van der Waals surface area contributed by atoms with Crippen molar-refractivity contribution in [3.8, 4) is 39.4 Å². The number of hydrogen-bond acceptors (Lipinski definition) is 8. The third-order valence-corrected chi connectivity index (χ3v) is 10.2. The fraction of sp³-hybridized carbons (Fsp3) is 0.289. The van der Waals surface area contributed by atoms with Gasteiger partial charge in [-0.05, 0) is 48.7 Å². The summed E-state index contributed by atoms with van der Waals surface area (Å²) in [5, 5.41) is 13.0. The third-order valence-electron chi connectivity index (χ3n) is 9.41. The molecule has 5 heterocycles. The highest BCUT2D eigenvalue weighted by molar-refractivity contribution is 6.39. The molecule has 4 N–H and O–H groups in total. The van der Waals surface area contributed by atoms with E-state index in [2.05, 4.69) is 26.3 Å². The van der Waals surface area contributed by atoms with E-state index >= 15 is 4.39 Å². The largest absolute Gasteiger partial charge is 0.481 e. The van der Waals surface area contributed by atoms with Gasteiger partial charge in [-0.3, -0.25) is 18.8 Å². The van der Waals surface area contributed by atoms with E-state index in [0.717, 1.165) is 18.4 Å². The molecular weight excluding hydrogens is 708 g/mol. The Labute approximate surface area is 308 Å². The van der Waals surface area contributed by atoms with Crippen LogP contribution < -0.4 is 31.6 Å². The summed E-state index contributed by atoms with van der Waals surface area (Å²) in [4.78, 5) is 45.5. The Morgan fingerprint density at radius 2 is 1.50 bits per heavy atom. The predicted molar refractivity (Wildman–Crippen MR) is 198 cm³/mol. The minimum atomic E-state index is -0.519. The van der Waals surface area contributed by atoms with Gasteiger partial charge in [-0.25, -0.2) is 14.4 Å². The zero-order valence-electron chi connectivity index (χ0n) is 28.3. The number of carbonyl (C=O) groups excluding carboxylic acids is 2. The van der Waals surface area contributed by atoms with Crippen LogP contribution in [0.2, 0.25) is 10.0 Å². The van der Waals surface area contributed by atoms with Gasteiger partial charge < -0.3 is 26.0 Å². The molecule has 2 amide bonds. The van der Waals surface area contributed by atoms with Crippen molar-refractivity contribution >= 4 is 40.7 Å². The van der Waals surface area contributed by atoms with Gasteiger partial charge >= 0.3 is 0 Å². The lowest BCUT2D eigenvalue weighted by molar-refractivity contribution is -0.120. The molecule has 11 nitrogen and oxygen atoms in total. The molecule has 0 spiro atoms. The van der Waals surface area contributed by atoms with E-state index in [-0.39, 0.29) is 34.5 Å². The molecule has 2 aliphatic rings. The highest BCUT2D eigenvalue weighted by atomic mass is 35.5. The van der Waals surface area contributed by atoms with Crippen molar-refractivity contribution in [1.82, 2.24) is 35.6 Å². The van der Waals surface area contributed by atoms with Gasteiger partial charge in [-0.2, -0.15) is 0 Å². The molecule has 7 rings (SSSR count). The van der Waals surface area contributed by atoms with Crippen molar-refractivity contribution in [3.63, 3.8) is 0 Å². The number of carbonyl (C=O) groups is 2. The Hall–Kier alpha value is -4.88. The molecule has 2 saturated heterocycles. The van der Waals surface area contributed by atoms with Crippen molar-refractivity contribution in [3.05, 3.63) is 104 Å². The van der Waals surface area contributed by atoms with E-state index in [1.54, 1.807) is 37.6 Å². The van der Waals surface area contributed by atoms with Crippen LogP contribution in [0.1, 0.15) is 36.8 Å². The summed E-state index contributed by atoms with van der Waals surface area (Å²) in [6.45, 7) is 1.99. The van der Waals surface area contributed by atoms with Crippen molar-refractivity contribution in [2.75, 3.05) is 20.2 Å². The number of nitrogens with one attached hydrogen (secondary N) is 4. The zero-order valence-corrected chi connectivity index (χ0v) is 29.8. The van der Waals surface area contributed by atoms with Crippen molar-refractivity contribution in [1.29, 1.82) is 0 Å². The predicted octanol–water partition coefficient (Wildman–Crippen LogP) is 5.28. The first-order valence-corrected chi connectivity index (χ1v) is 17.8. The summed E-state index contributed by atoms with van der Waals surface area (Å²) < 4.78 is 22.4. The number of aromatic nitrogens is 3. The SMILES string of the molecule is COc1nc(-c2cccc(-c3cc(F)cc(-c4ccn5c(=O)c(CNCC6CCC(=O)N6)cnc5c4)c3Cl)c2Cl)ccc1CNCC1CCC(=O)N1. The zero-order chi connectivity index (χ0) is 36.4. The van der Waals surface area contributed by atoms with Gasteiger partial charge in [0.15, 0.2) is 0 Å². The number of amides is 2. The van der Waals surface area contributed by atoms with Crippen LogP contribution in [0.3, 0.4) is 0 Å². The van der Waals surface area contributed by atoms with Crippen molar-refractivity contribution in [2.45, 2.75) is 50.9 Å². The summed E-state index contributed by atoms with van der Waals surface area (Å²) in [7, 11) is 1.55. The Balaban J connectivity index is 1.13. The average Bonchev–Trinajstić information content (AvgIpc) is 3.76. The summed E-state index contributed by atoms with van der Waals surface area (Å²) in [5.74, 6) is 0.0201. The minimum absolute atomic E-state index is 0.0375. The molecule has 2 aromatic carbocycles. The lowest BCUT2D eigenvalue weighted by Gasteiger charge is -2.16. The lowest BCUT2D eigenvalue weighted by Crippen LogP contribution is -2.36. The van der Waals surface area contributed by atoms with E-state index in [4.69, 9.17) is 32.9 Å². The Kier molecular flexibility index (Phi) is 10.5. The van der Waals surface area contributed by atoms with Crippen LogP contribution in [0.5, 0.6) is 5.88 Å². The number of rotatable bonds is 12. The van der Waals surface area contributed by atoms with Gasteiger partial charge in [0.25, 0.3) is 5.56 Å². The smallest absolute Gasteiger partial charge is 0.262 e. The molecule has 2 unspecified atom stereocenters. The van der Waals surface area contributed by atoms with Crippen LogP contribution in [0.4, 0.5) is 4.39 Å². The number of nitrogens with zero attached hydrogens (tertiary/aromatic N) is 3. The highest BCUT2D eigenvalue weighted by Crippen LogP contribution is 2.43. The molecule has 2 atom stereocenters. The van der Waals surface area contributed by atoms with Gasteiger partial charge in [-0.1, -0.05) is 47.5 Å². The molecule has 2 fully saturated rings. The Bertz CT molecular complexity index is 2250. The molecule has 0 saturated carbocycles. The molecule has 0 radical (unpaired) electrons. The topological polar surface area (TPSA) is 139 Å². The summed E-state index contributed by atoms with van der Waals surface area (Å²) >= 11 is 14.0. The normalized spacial score (nSPS) is 17.1.